The number of hydrogen-bond acceptors (Lipinski definition) is 5. The molecule has 2 aromatic heterocycles. The van der Waals surface area contributed by atoms with Gasteiger partial charge in [-0.15, -0.1) is 10.2 Å². The first-order valence-electron chi connectivity index (χ1n) is 8.58. The molecule has 1 aromatic carbocycles. The molecule has 3 aromatic rings. The second kappa shape index (κ2) is 8.34. The fourth-order valence-electron chi connectivity index (χ4n) is 2.53. The molecule has 2 heterocycles. The molecular formula is C18H20FN5O2S. The Morgan fingerprint density at radius 3 is 2.56 bits per heavy atom. The molecule has 0 aliphatic heterocycles. The zero-order chi connectivity index (χ0) is 19.4. The molecule has 0 aliphatic rings. The van der Waals surface area contributed by atoms with Gasteiger partial charge in [-0.3, -0.25) is 14.3 Å². The van der Waals surface area contributed by atoms with E-state index in [1.165, 1.54) is 18.2 Å². The summed E-state index contributed by atoms with van der Waals surface area (Å²) in [7, 11) is 0. The van der Waals surface area contributed by atoms with Crippen molar-refractivity contribution < 1.29 is 4.39 Å². The molecule has 0 bridgehead atoms. The highest BCUT2D eigenvalue weighted by Gasteiger charge is 2.16. The van der Waals surface area contributed by atoms with E-state index in [4.69, 9.17) is 0 Å². The zero-order valence-electron chi connectivity index (χ0n) is 15.0. The SMILES string of the molecule is CC(C)CCSc1nnc(Cc2cc(=O)[nH]c(=O)[nH]2)n1-c1ccc(F)cc1. The van der Waals surface area contributed by atoms with Crippen molar-refractivity contribution in [2.45, 2.75) is 31.8 Å². The number of aromatic amines is 2. The van der Waals surface area contributed by atoms with E-state index in [2.05, 4.69) is 34.0 Å². The highest BCUT2D eigenvalue weighted by atomic mass is 32.2. The van der Waals surface area contributed by atoms with Crippen LogP contribution in [-0.4, -0.2) is 30.5 Å². The van der Waals surface area contributed by atoms with Gasteiger partial charge in [0.1, 0.15) is 11.6 Å². The van der Waals surface area contributed by atoms with Crippen molar-refractivity contribution in [1.82, 2.24) is 24.7 Å². The van der Waals surface area contributed by atoms with E-state index in [0.717, 1.165) is 17.9 Å². The van der Waals surface area contributed by atoms with E-state index in [9.17, 15) is 14.0 Å². The Balaban J connectivity index is 1.97. The molecule has 0 saturated carbocycles. The minimum atomic E-state index is -0.572. The lowest BCUT2D eigenvalue weighted by Crippen LogP contribution is -2.23. The van der Waals surface area contributed by atoms with Gasteiger partial charge in [0.2, 0.25) is 0 Å². The number of nitrogens with one attached hydrogen (secondary N) is 2. The lowest BCUT2D eigenvalue weighted by Gasteiger charge is -2.11. The van der Waals surface area contributed by atoms with Crippen LogP contribution in [0.1, 0.15) is 31.8 Å². The van der Waals surface area contributed by atoms with E-state index in [-0.39, 0.29) is 12.2 Å². The Labute approximate surface area is 159 Å². The van der Waals surface area contributed by atoms with Gasteiger partial charge in [-0.1, -0.05) is 25.6 Å². The number of H-pyrrole nitrogens is 2. The minimum Gasteiger partial charge on any atom is -0.311 e. The van der Waals surface area contributed by atoms with Gasteiger partial charge in [0.25, 0.3) is 5.56 Å². The second-order valence-electron chi connectivity index (χ2n) is 6.53. The molecule has 0 spiro atoms. The largest absolute Gasteiger partial charge is 0.325 e. The summed E-state index contributed by atoms with van der Waals surface area (Å²) in [6.07, 6.45) is 1.24. The van der Waals surface area contributed by atoms with Gasteiger partial charge in [0, 0.05) is 29.6 Å². The van der Waals surface area contributed by atoms with Crippen molar-refractivity contribution >= 4 is 11.8 Å². The number of thioether (sulfide) groups is 1. The van der Waals surface area contributed by atoms with Crippen LogP contribution in [0.3, 0.4) is 0 Å². The average Bonchev–Trinajstić information content (AvgIpc) is 2.97. The van der Waals surface area contributed by atoms with Gasteiger partial charge in [-0.05, 0) is 36.6 Å². The maximum Gasteiger partial charge on any atom is 0.325 e. The normalized spacial score (nSPS) is 11.3. The molecule has 0 fully saturated rings. The maximum atomic E-state index is 13.3. The Morgan fingerprint density at radius 2 is 1.89 bits per heavy atom. The van der Waals surface area contributed by atoms with Crippen LogP contribution in [0.5, 0.6) is 0 Å². The highest BCUT2D eigenvalue weighted by molar-refractivity contribution is 7.99. The van der Waals surface area contributed by atoms with Gasteiger partial charge in [-0.25, -0.2) is 9.18 Å². The standard InChI is InChI=1S/C18H20FN5O2S/c1-11(2)7-8-27-18-23-22-15(9-13-10-16(25)21-17(26)20-13)24(18)14-5-3-12(19)4-6-14/h3-6,10-11H,7-9H2,1-2H3,(H2,20,21,25,26). The van der Waals surface area contributed by atoms with Crippen molar-refractivity contribution in [1.29, 1.82) is 0 Å². The molecule has 142 valence electrons. The molecule has 27 heavy (non-hydrogen) atoms. The van der Waals surface area contributed by atoms with E-state index in [0.29, 0.717) is 22.6 Å². The first kappa shape index (κ1) is 19.1. The predicted octanol–water partition coefficient (Wildman–Crippen LogP) is 2.51. The second-order valence-corrected chi connectivity index (χ2v) is 7.59. The van der Waals surface area contributed by atoms with Crippen molar-refractivity contribution in [2.75, 3.05) is 5.75 Å². The fraction of sp³-hybridized carbons (Fsp3) is 0.333. The Bertz CT molecular complexity index is 995. The van der Waals surface area contributed by atoms with Crippen molar-refractivity contribution in [3.05, 3.63) is 68.5 Å². The third-order valence-electron chi connectivity index (χ3n) is 3.88. The maximum absolute atomic E-state index is 13.3. The third-order valence-corrected chi connectivity index (χ3v) is 4.84. The van der Waals surface area contributed by atoms with Crippen molar-refractivity contribution in [3.8, 4) is 5.69 Å². The zero-order valence-corrected chi connectivity index (χ0v) is 15.8. The number of aromatic nitrogens is 5. The number of halogens is 1. The van der Waals surface area contributed by atoms with Crippen LogP contribution in [0.4, 0.5) is 4.39 Å². The van der Waals surface area contributed by atoms with Gasteiger partial charge in [0.05, 0.1) is 0 Å². The van der Waals surface area contributed by atoms with E-state index in [1.807, 2.05) is 4.57 Å². The molecule has 7 nitrogen and oxygen atoms in total. The van der Waals surface area contributed by atoms with Gasteiger partial charge < -0.3 is 4.98 Å². The summed E-state index contributed by atoms with van der Waals surface area (Å²) >= 11 is 1.57. The van der Waals surface area contributed by atoms with Crippen LogP contribution in [0, 0.1) is 11.7 Å². The van der Waals surface area contributed by atoms with E-state index >= 15 is 0 Å². The number of rotatable bonds is 7. The van der Waals surface area contributed by atoms with E-state index in [1.54, 1.807) is 23.9 Å². The van der Waals surface area contributed by atoms with Gasteiger partial charge >= 0.3 is 5.69 Å². The molecule has 0 amide bonds. The summed E-state index contributed by atoms with van der Waals surface area (Å²) < 4.78 is 15.2. The topological polar surface area (TPSA) is 96.4 Å². The molecule has 0 saturated heterocycles. The summed E-state index contributed by atoms with van der Waals surface area (Å²) in [6, 6.07) is 7.36. The van der Waals surface area contributed by atoms with Gasteiger partial charge in [-0.2, -0.15) is 0 Å². The predicted molar refractivity (Wildman–Crippen MR) is 102 cm³/mol. The fourth-order valence-corrected chi connectivity index (χ4v) is 3.74. The quantitative estimate of drug-likeness (QED) is 0.605. The van der Waals surface area contributed by atoms with Crippen molar-refractivity contribution in [3.63, 3.8) is 0 Å². The van der Waals surface area contributed by atoms with Crippen LogP contribution in [0.25, 0.3) is 5.69 Å². The summed E-state index contributed by atoms with van der Waals surface area (Å²) in [4.78, 5) is 27.8. The molecule has 9 heteroatoms. The number of hydrogen-bond donors (Lipinski definition) is 2. The first-order chi connectivity index (χ1) is 12.9. The lowest BCUT2D eigenvalue weighted by molar-refractivity contribution is 0.626. The van der Waals surface area contributed by atoms with Crippen LogP contribution in [0.2, 0.25) is 0 Å². The Morgan fingerprint density at radius 1 is 1.15 bits per heavy atom. The molecule has 0 unspecified atom stereocenters. The van der Waals surface area contributed by atoms with Crippen LogP contribution in [-0.2, 0) is 6.42 Å². The molecule has 0 aliphatic carbocycles. The van der Waals surface area contributed by atoms with Gasteiger partial charge in [0.15, 0.2) is 5.16 Å². The molecule has 2 N–H and O–H groups in total. The Hall–Kier alpha value is -2.68. The van der Waals surface area contributed by atoms with Crippen LogP contribution >= 0.6 is 11.8 Å². The average molecular weight is 389 g/mol. The number of benzene rings is 1. The molecule has 3 rings (SSSR count). The van der Waals surface area contributed by atoms with Crippen molar-refractivity contribution in [2.24, 2.45) is 5.92 Å². The highest BCUT2D eigenvalue weighted by Crippen LogP contribution is 2.24. The van der Waals surface area contributed by atoms with E-state index < -0.39 is 11.2 Å². The number of nitrogens with zero attached hydrogens (tertiary/aromatic N) is 3. The summed E-state index contributed by atoms with van der Waals surface area (Å²) in [5.41, 5.74) is 0.0962. The first-order valence-corrected chi connectivity index (χ1v) is 9.56. The molecule has 0 radical (unpaired) electrons. The summed E-state index contributed by atoms with van der Waals surface area (Å²) in [6.45, 7) is 4.31. The lowest BCUT2D eigenvalue weighted by atomic mass is 10.2. The summed E-state index contributed by atoms with van der Waals surface area (Å²) in [5, 5.41) is 9.17. The minimum absolute atomic E-state index is 0.217. The van der Waals surface area contributed by atoms with Crippen LogP contribution in [0.15, 0.2) is 45.1 Å². The molecule has 0 atom stereocenters. The summed E-state index contributed by atoms with van der Waals surface area (Å²) in [5.74, 6) is 1.66. The Kier molecular flexibility index (Phi) is 5.90. The van der Waals surface area contributed by atoms with Crippen LogP contribution < -0.4 is 11.2 Å². The third kappa shape index (κ3) is 4.94. The smallest absolute Gasteiger partial charge is 0.311 e. The monoisotopic (exact) mass is 389 g/mol. The molecular weight excluding hydrogens is 369 g/mol.